The van der Waals surface area contributed by atoms with Crippen LogP contribution >= 0.6 is 0 Å². The van der Waals surface area contributed by atoms with E-state index < -0.39 is 0 Å². The summed E-state index contributed by atoms with van der Waals surface area (Å²) in [5.74, 6) is 3.98. The molecule has 2 N–H and O–H groups in total. The molecular weight excluding hydrogens is 494 g/mol. The molecule has 2 aromatic rings. The van der Waals surface area contributed by atoms with Crippen LogP contribution in [0.2, 0.25) is 0 Å². The Morgan fingerprint density at radius 1 is 0.975 bits per heavy atom. The number of rotatable bonds is 8. The largest absolute Gasteiger partial charge is 0.494 e. The minimum atomic E-state index is -0.215. The van der Waals surface area contributed by atoms with Crippen LogP contribution in [-0.4, -0.2) is 23.6 Å². The predicted octanol–water partition coefficient (Wildman–Crippen LogP) is 7.43. The molecule has 0 radical (unpaired) electrons. The summed E-state index contributed by atoms with van der Waals surface area (Å²) in [5.41, 5.74) is 2.62. The van der Waals surface area contributed by atoms with Crippen LogP contribution in [0, 0.1) is 34.5 Å². The average Bonchev–Trinajstić information content (AvgIpc) is 3.29. The van der Waals surface area contributed by atoms with Gasteiger partial charge in [0.05, 0.1) is 12.7 Å². The van der Waals surface area contributed by atoms with E-state index in [-0.39, 0.29) is 17.1 Å². The highest BCUT2D eigenvalue weighted by Gasteiger charge is 2.61. The molecule has 6 rings (SSSR count). The van der Waals surface area contributed by atoms with Gasteiger partial charge in [0.15, 0.2) is 0 Å². The van der Waals surface area contributed by atoms with Crippen LogP contribution in [0.25, 0.3) is 0 Å². The maximum Gasteiger partial charge on any atom is 0.133 e. The number of aliphatic hydroxyl groups is 1. The van der Waals surface area contributed by atoms with Crippen LogP contribution < -0.4 is 10.1 Å². The Labute approximate surface area is 241 Å². The number of hydrogen-bond acceptors (Lipinski definition) is 4. The van der Waals surface area contributed by atoms with Crippen molar-refractivity contribution in [3.63, 3.8) is 0 Å². The Morgan fingerprint density at radius 3 is 2.62 bits per heavy atom. The zero-order chi connectivity index (χ0) is 28.0. The van der Waals surface area contributed by atoms with Gasteiger partial charge in [0.2, 0.25) is 0 Å². The van der Waals surface area contributed by atoms with Gasteiger partial charge in [-0.1, -0.05) is 49.4 Å². The number of ether oxygens (including phenoxy) is 1. The first kappa shape index (κ1) is 28.0. The lowest BCUT2D eigenvalue weighted by atomic mass is 9.44. The molecule has 4 aliphatic rings. The molecule has 4 unspecified atom stereocenters. The second-order valence-electron chi connectivity index (χ2n) is 14.4. The molecule has 40 heavy (non-hydrogen) atoms. The van der Waals surface area contributed by atoms with E-state index >= 15 is 0 Å². The lowest BCUT2D eigenvalue weighted by molar-refractivity contribution is -0.145. The second kappa shape index (κ2) is 10.9. The Bertz CT molecular complexity index is 1190. The fourth-order valence-electron chi connectivity index (χ4n) is 9.66. The maximum atomic E-state index is 12.2. The lowest BCUT2D eigenvalue weighted by Gasteiger charge is -2.60. The first-order valence-corrected chi connectivity index (χ1v) is 15.9. The zero-order valence-electron chi connectivity index (χ0n) is 24.8. The molecule has 0 bridgehead atoms. The summed E-state index contributed by atoms with van der Waals surface area (Å²) in [6.45, 7) is 8.43. The molecule has 2 aromatic carbocycles. The number of aliphatic hydroxyl groups excluding tert-OH is 1. The third kappa shape index (κ3) is 5.04. The van der Waals surface area contributed by atoms with Crippen molar-refractivity contribution in [3.8, 4) is 5.75 Å². The first-order chi connectivity index (χ1) is 19.2. The molecule has 7 atom stereocenters. The van der Waals surface area contributed by atoms with E-state index in [4.69, 9.17) is 4.74 Å². The van der Waals surface area contributed by atoms with Gasteiger partial charge in [-0.15, -0.1) is 0 Å². The minimum absolute atomic E-state index is 0.0109. The van der Waals surface area contributed by atoms with E-state index in [1.165, 1.54) is 30.4 Å². The van der Waals surface area contributed by atoms with Crippen LogP contribution in [0.5, 0.6) is 5.75 Å². The number of nitrogens with one attached hydrogen (secondary N) is 1. The van der Waals surface area contributed by atoms with Gasteiger partial charge in [-0.05, 0) is 118 Å². The van der Waals surface area contributed by atoms with E-state index in [2.05, 4.69) is 80.7 Å². The predicted molar refractivity (Wildman–Crippen MR) is 160 cm³/mol. The highest BCUT2D eigenvalue weighted by Crippen LogP contribution is 2.66. The summed E-state index contributed by atoms with van der Waals surface area (Å²) in [6.07, 6.45) is 10.2. The minimum Gasteiger partial charge on any atom is -0.494 e. The van der Waals surface area contributed by atoms with Crippen molar-refractivity contribution in [2.75, 3.05) is 6.61 Å². The number of fused-ring (bicyclic) bond motifs is 5. The van der Waals surface area contributed by atoms with Gasteiger partial charge < -0.3 is 15.2 Å². The molecule has 4 saturated carbocycles. The third-order valence-corrected chi connectivity index (χ3v) is 12.1. The molecule has 4 heteroatoms. The quantitative estimate of drug-likeness (QED) is 0.363. The van der Waals surface area contributed by atoms with Crippen molar-refractivity contribution in [2.45, 2.75) is 103 Å². The number of Topliss-reactive ketones (excluding diaryl/α,β-unsaturated/α-hetero) is 1. The van der Waals surface area contributed by atoms with Crippen LogP contribution in [0.3, 0.4) is 0 Å². The number of benzene rings is 2. The van der Waals surface area contributed by atoms with E-state index in [0.29, 0.717) is 41.5 Å². The number of carbonyl (C=O) groups excluding carboxylic acids is 1. The zero-order valence-corrected chi connectivity index (χ0v) is 24.8. The van der Waals surface area contributed by atoms with Crippen LogP contribution in [0.15, 0.2) is 54.6 Å². The van der Waals surface area contributed by atoms with Crippen molar-refractivity contribution in [2.24, 2.45) is 34.5 Å². The van der Waals surface area contributed by atoms with E-state index in [1.54, 1.807) is 0 Å². The second-order valence-corrected chi connectivity index (χ2v) is 14.4. The van der Waals surface area contributed by atoms with Gasteiger partial charge in [0.1, 0.15) is 11.5 Å². The number of hydrogen-bond donors (Lipinski definition) is 2. The smallest absolute Gasteiger partial charge is 0.133 e. The van der Waals surface area contributed by atoms with Gasteiger partial charge in [-0.3, -0.25) is 4.79 Å². The third-order valence-electron chi connectivity index (χ3n) is 12.1. The van der Waals surface area contributed by atoms with Crippen LogP contribution in [-0.2, 0) is 16.9 Å². The average molecular weight is 544 g/mol. The Balaban J connectivity index is 1.11. The van der Waals surface area contributed by atoms with Crippen molar-refractivity contribution in [1.29, 1.82) is 0 Å². The summed E-state index contributed by atoms with van der Waals surface area (Å²) in [7, 11) is 0. The maximum absolute atomic E-state index is 12.2. The normalized spacial score (nSPS) is 35.5. The molecule has 4 aliphatic carbocycles. The molecule has 0 aromatic heterocycles. The summed E-state index contributed by atoms with van der Waals surface area (Å²) in [6, 6.07) is 19.1. The SMILES string of the molecule is CC(C)(NCc1ccccc1)c1cccc(OCC[C@]23CCC4C(CCC5CC(=O)CC[C@@]54C)C2CC[C@@H]3O)c1. The molecule has 4 nitrogen and oxygen atoms in total. The van der Waals surface area contributed by atoms with E-state index in [9.17, 15) is 9.90 Å². The molecule has 0 aliphatic heterocycles. The standard InChI is InChI=1S/C36H49NO3/c1-34(2,37-24-25-8-5-4-6-9-25)26-10-7-11-29(23-26)40-21-20-36-19-17-31-30(32(36)14-15-33(36)39)13-12-27-22-28(38)16-18-35(27,31)3/h4-11,23,27,30-33,37,39H,12-22,24H2,1-3H3/t27?,30?,31?,32?,33-,35-,36+/m0/s1. The van der Waals surface area contributed by atoms with E-state index in [1.807, 2.05) is 0 Å². The molecule has 0 saturated heterocycles. The fraction of sp³-hybridized carbons (Fsp3) is 0.639. The molecular formula is C36H49NO3. The Morgan fingerprint density at radius 2 is 1.80 bits per heavy atom. The molecule has 4 fully saturated rings. The summed E-state index contributed by atoms with van der Waals surface area (Å²) in [5, 5.41) is 15.1. The Kier molecular flexibility index (Phi) is 7.63. The van der Waals surface area contributed by atoms with Crippen molar-refractivity contribution in [3.05, 3.63) is 65.7 Å². The highest BCUT2D eigenvalue weighted by molar-refractivity contribution is 5.79. The topological polar surface area (TPSA) is 58.6 Å². The summed E-state index contributed by atoms with van der Waals surface area (Å²) >= 11 is 0. The molecule has 0 spiro atoms. The monoisotopic (exact) mass is 543 g/mol. The van der Waals surface area contributed by atoms with Crippen molar-refractivity contribution >= 4 is 5.78 Å². The van der Waals surface area contributed by atoms with Gasteiger partial charge >= 0.3 is 0 Å². The molecule has 0 heterocycles. The highest BCUT2D eigenvalue weighted by atomic mass is 16.5. The number of carbonyl (C=O) groups is 1. The molecule has 216 valence electrons. The van der Waals surface area contributed by atoms with Gasteiger partial charge in [-0.2, -0.15) is 0 Å². The number of ketones is 1. The van der Waals surface area contributed by atoms with Crippen LogP contribution in [0.4, 0.5) is 0 Å². The van der Waals surface area contributed by atoms with Crippen molar-refractivity contribution in [1.82, 2.24) is 5.32 Å². The van der Waals surface area contributed by atoms with Gasteiger partial charge in [0.25, 0.3) is 0 Å². The summed E-state index contributed by atoms with van der Waals surface area (Å²) in [4.78, 5) is 12.2. The molecule has 0 amide bonds. The van der Waals surface area contributed by atoms with Gasteiger partial charge in [0, 0.05) is 30.3 Å². The van der Waals surface area contributed by atoms with Gasteiger partial charge in [-0.25, -0.2) is 0 Å². The van der Waals surface area contributed by atoms with E-state index in [0.717, 1.165) is 57.2 Å². The first-order valence-electron chi connectivity index (χ1n) is 15.9. The Hall–Kier alpha value is -2.17. The fourth-order valence-corrected chi connectivity index (χ4v) is 9.66. The van der Waals surface area contributed by atoms with Crippen molar-refractivity contribution < 1.29 is 14.6 Å². The summed E-state index contributed by atoms with van der Waals surface area (Å²) < 4.78 is 6.44. The van der Waals surface area contributed by atoms with Crippen LogP contribution in [0.1, 0.15) is 96.1 Å². The lowest BCUT2D eigenvalue weighted by Crippen LogP contribution is -2.55.